The summed E-state index contributed by atoms with van der Waals surface area (Å²) in [6.45, 7) is 4.77. The Hall–Kier alpha value is -3.48. The molecule has 2 aromatic carbocycles. The van der Waals surface area contributed by atoms with E-state index in [0.717, 1.165) is 4.90 Å². The summed E-state index contributed by atoms with van der Waals surface area (Å²) >= 11 is 0. The molecule has 1 N–H and O–H groups in total. The molecule has 1 aliphatic rings. The second-order valence-electron chi connectivity index (χ2n) is 6.30. The van der Waals surface area contributed by atoms with E-state index < -0.39 is 5.91 Å². The molecule has 7 nitrogen and oxygen atoms in total. The van der Waals surface area contributed by atoms with Gasteiger partial charge in [-0.25, -0.2) is 0 Å². The number of amides is 2. The summed E-state index contributed by atoms with van der Waals surface area (Å²) < 4.78 is 16.4. The summed E-state index contributed by atoms with van der Waals surface area (Å²) in [6.07, 6.45) is 0. The number of likely N-dealkylation sites (N-methyl/N-ethyl adjacent to an activating group) is 1. The van der Waals surface area contributed by atoms with Crippen LogP contribution in [-0.2, 0) is 9.59 Å². The van der Waals surface area contributed by atoms with Gasteiger partial charge in [-0.1, -0.05) is 12.1 Å². The van der Waals surface area contributed by atoms with Crippen molar-refractivity contribution in [2.75, 3.05) is 32.7 Å². The third-order valence-corrected chi connectivity index (χ3v) is 4.48. The molecule has 0 aliphatic carbocycles. The van der Waals surface area contributed by atoms with Gasteiger partial charge in [0.25, 0.3) is 11.8 Å². The Morgan fingerprint density at radius 3 is 2.17 bits per heavy atom. The lowest BCUT2D eigenvalue weighted by molar-refractivity contribution is -0.135. The van der Waals surface area contributed by atoms with Crippen molar-refractivity contribution in [2.45, 2.75) is 13.8 Å². The molecule has 0 saturated heterocycles. The Bertz CT molecular complexity index is 950. The van der Waals surface area contributed by atoms with E-state index in [-0.39, 0.29) is 11.6 Å². The predicted octanol–water partition coefficient (Wildman–Crippen LogP) is 3.31. The molecule has 0 spiro atoms. The van der Waals surface area contributed by atoms with Crippen molar-refractivity contribution in [1.29, 1.82) is 0 Å². The van der Waals surface area contributed by atoms with Crippen LogP contribution in [0.1, 0.15) is 19.4 Å². The summed E-state index contributed by atoms with van der Waals surface area (Å²) in [5.41, 5.74) is 1.78. The maximum atomic E-state index is 12.7. The number of anilines is 1. The first-order chi connectivity index (χ1) is 14.0. The third-order valence-electron chi connectivity index (χ3n) is 4.48. The molecule has 0 bridgehead atoms. The van der Waals surface area contributed by atoms with Gasteiger partial charge >= 0.3 is 0 Å². The molecule has 29 heavy (non-hydrogen) atoms. The lowest BCUT2D eigenvalue weighted by Gasteiger charge is -2.14. The summed E-state index contributed by atoms with van der Waals surface area (Å²) in [7, 11) is 3.04. The van der Waals surface area contributed by atoms with Crippen LogP contribution in [0, 0.1) is 0 Å². The van der Waals surface area contributed by atoms with Crippen LogP contribution in [0.15, 0.2) is 48.2 Å². The Morgan fingerprint density at radius 2 is 1.55 bits per heavy atom. The fourth-order valence-electron chi connectivity index (χ4n) is 3.06. The zero-order valence-corrected chi connectivity index (χ0v) is 16.9. The topological polar surface area (TPSA) is 77.1 Å². The van der Waals surface area contributed by atoms with Crippen LogP contribution in [0.3, 0.4) is 0 Å². The van der Waals surface area contributed by atoms with Gasteiger partial charge in [0.2, 0.25) is 0 Å². The largest absolute Gasteiger partial charge is 0.497 e. The van der Waals surface area contributed by atoms with Gasteiger partial charge in [0.1, 0.15) is 11.4 Å². The predicted molar refractivity (Wildman–Crippen MR) is 110 cm³/mol. The molecular weight excluding hydrogens is 372 g/mol. The van der Waals surface area contributed by atoms with Crippen molar-refractivity contribution in [3.63, 3.8) is 0 Å². The first-order valence-corrected chi connectivity index (χ1v) is 9.37. The molecule has 1 heterocycles. The van der Waals surface area contributed by atoms with Crippen LogP contribution in [0.25, 0.3) is 5.57 Å². The van der Waals surface area contributed by atoms with Gasteiger partial charge in [0.05, 0.1) is 25.9 Å². The van der Waals surface area contributed by atoms with Gasteiger partial charge in [-0.3, -0.25) is 14.5 Å². The van der Waals surface area contributed by atoms with Gasteiger partial charge in [-0.15, -0.1) is 0 Å². The molecule has 0 aromatic heterocycles. The quantitative estimate of drug-likeness (QED) is 0.690. The average molecular weight is 396 g/mol. The number of benzene rings is 2. The number of ether oxygens (including phenoxy) is 3. The first kappa shape index (κ1) is 20.3. The first-order valence-electron chi connectivity index (χ1n) is 9.37. The van der Waals surface area contributed by atoms with Crippen LogP contribution in [0.5, 0.6) is 17.2 Å². The highest BCUT2D eigenvalue weighted by molar-refractivity contribution is 6.36. The van der Waals surface area contributed by atoms with Crippen molar-refractivity contribution in [3.05, 3.63) is 53.7 Å². The maximum absolute atomic E-state index is 12.7. The Kier molecular flexibility index (Phi) is 6.07. The summed E-state index contributed by atoms with van der Waals surface area (Å²) in [5, 5.41) is 3.10. The smallest absolute Gasteiger partial charge is 0.277 e. The number of rotatable bonds is 8. The van der Waals surface area contributed by atoms with Crippen molar-refractivity contribution in [3.8, 4) is 17.2 Å². The minimum Gasteiger partial charge on any atom is -0.497 e. The van der Waals surface area contributed by atoms with Gasteiger partial charge in [-0.05, 0) is 43.7 Å². The van der Waals surface area contributed by atoms with E-state index in [0.29, 0.717) is 47.3 Å². The van der Waals surface area contributed by atoms with Crippen LogP contribution in [0.2, 0.25) is 0 Å². The van der Waals surface area contributed by atoms with E-state index in [4.69, 9.17) is 14.2 Å². The summed E-state index contributed by atoms with van der Waals surface area (Å²) in [5.74, 6) is 1.10. The lowest BCUT2D eigenvalue weighted by Crippen LogP contribution is -2.27. The van der Waals surface area contributed by atoms with E-state index in [1.54, 1.807) is 49.6 Å². The number of hydrogen-bond acceptors (Lipinski definition) is 6. The van der Waals surface area contributed by atoms with Crippen molar-refractivity contribution >= 4 is 23.1 Å². The molecule has 0 unspecified atom stereocenters. The number of hydrogen-bond donors (Lipinski definition) is 1. The highest BCUT2D eigenvalue weighted by atomic mass is 16.5. The Balaban J connectivity index is 2.01. The van der Waals surface area contributed by atoms with E-state index >= 15 is 0 Å². The molecule has 0 atom stereocenters. The Morgan fingerprint density at radius 1 is 0.897 bits per heavy atom. The third kappa shape index (κ3) is 4.03. The fourth-order valence-corrected chi connectivity index (χ4v) is 3.06. The van der Waals surface area contributed by atoms with Crippen LogP contribution in [-0.4, -0.2) is 44.1 Å². The molecule has 0 radical (unpaired) electrons. The summed E-state index contributed by atoms with van der Waals surface area (Å²) in [4.78, 5) is 26.5. The number of carbonyl (C=O) groups is 2. The van der Waals surface area contributed by atoms with Crippen molar-refractivity contribution in [1.82, 2.24) is 4.90 Å². The van der Waals surface area contributed by atoms with Crippen LogP contribution < -0.4 is 19.5 Å². The van der Waals surface area contributed by atoms with E-state index in [1.807, 2.05) is 13.8 Å². The van der Waals surface area contributed by atoms with Gasteiger partial charge in [0, 0.05) is 18.8 Å². The average Bonchev–Trinajstić information content (AvgIpc) is 2.94. The molecule has 3 rings (SSSR count). The second kappa shape index (κ2) is 8.68. The van der Waals surface area contributed by atoms with Gasteiger partial charge in [0.15, 0.2) is 11.5 Å². The standard InChI is InChI=1S/C22H24N2O5/c1-5-28-17-12-9-15(13-18(17)29-6-2)23-20-19(21(25)24(3)22(20)26)14-7-10-16(27-4)11-8-14/h7-13,23H,5-6H2,1-4H3. The SMILES string of the molecule is CCOc1ccc(NC2=C(c3ccc(OC)cc3)C(=O)N(C)C2=O)cc1OCC. The number of imide groups is 1. The summed E-state index contributed by atoms with van der Waals surface area (Å²) in [6, 6.07) is 12.3. The van der Waals surface area contributed by atoms with E-state index in [9.17, 15) is 9.59 Å². The van der Waals surface area contributed by atoms with Gasteiger partial charge < -0.3 is 19.5 Å². The van der Waals surface area contributed by atoms with Crippen LogP contribution in [0.4, 0.5) is 5.69 Å². The minimum atomic E-state index is -0.396. The van der Waals surface area contributed by atoms with E-state index in [1.165, 1.54) is 7.05 Å². The highest BCUT2D eigenvalue weighted by Gasteiger charge is 2.36. The maximum Gasteiger partial charge on any atom is 0.277 e. The Labute approximate surface area is 169 Å². The fraction of sp³-hybridized carbons (Fsp3) is 0.273. The second-order valence-corrected chi connectivity index (χ2v) is 6.30. The zero-order chi connectivity index (χ0) is 21.0. The monoisotopic (exact) mass is 396 g/mol. The number of methoxy groups -OCH3 is 1. The van der Waals surface area contributed by atoms with Gasteiger partial charge in [-0.2, -0.15) is 0 Å². The zero-order valence-electron chi connectivity index (χ0n) is 16.9. The van der Waals surface area contributed by atoms with E-state index in [2.05, 4.69) is 5.32 Å². The molecule has 2 amide bonds. The molecular formula is C22H24N2O5. The number of nitrogens with zero attached hydrogens (tertiary/aromatic N) is 1. The molecule has 1 aliphatic heterocycles. The normalized spacial score (nSPS) is 13.7. The van der Waals surface area contributed by atoms with Crippen molar-refractivity contribution in [2.24, 2.45) is 0 Å². The number of nitrogens with one attached hydrogen (secondary N) is 1. The highest BCUT2D eigenvalue weighted by Crippen LogP contribution is 2.34. The van der Waals surface area contributed by atoms with Crippen molar-refractivity contribution < 1.29 is 23.8 Å². The van der Waals surface area contributed by atoms with Crippen LogP contribution >= 0.6 is 0 Å². The molecule has 0 fully saturated rings. The molecule has 0 saturated carbocycles. The lowest BCUT2D eigenvalue weighted by atomic mass is 10.0. The molecule has 7 heteroatoms. The molecule has 152 valence electrons. The molecule has 2 aromatic rings. The number of carbonyl (C=O) groups excluding carboxylic acids is 2. The minimum absolute atomic E-state index is 0.217.